The molecule has 1 amide bonds. The zero-order valence-electron chi connectivity index (χ0n) is 11.3. The average Bonchev–Trinajstić information content (AvgIpc) is 2.11. The third-order valence-corrected chi connectivity index (χ3v) is 0.968. The van der Waals surface area contributed by atoms with Gasteiger partial charge in [0.2, 0.25) is 11.5 Å². The molecular formula is C7H8N2O2. The van der Waals surface area contributed by atoms with E-state index in [2.05, 4.69) is 0 Å². The first-order chi connectivity index (χ1) is 7.59. The fourth-order valence-corrected chi connectivity index (χ4v) is 0.479. The van der Waals surface area contributed by atoms with E-state index < -0.39 is 42.3 Å². The molecule has 0 spiro atoms. The van der Waals surface area contributed by atoms with Crippen LogP contribution in [0.1, 0.15) is 18.6 Å². The average molecular weight is 158 g/mol. The summed E-state index contributed by atoms with van der Waals surface area (Å²) < 4.78 is 43.1. The molecule has 1 aromatic heterocycles. The number of pyridine rings is 1. The standard InChI is InChI=1S/C7H8N2O2/c1-9-4-5(7(8)11)2-3-6(9)10/h2-4H,1H3,(H2,8,11)/i1D3,2D,3D,4D. The SMILES string of the molecule is [2H]c1c(C(N)=O)c([2H])n(C([2H])([2H])[2H])c(=O)c1[2H]. The predicted molar refractivity (Wildman–Crippen MR) is 40.2 cm³/mol. The summed E-state index contributed by atoms with van der Waals surface area (Å²) in [4.78, 5) is 22.4. The van der Waals surface area contributed by atoms with Gasteiger partial charge in [-0.15, -0.1) is 0 Å². The van der Waals surface area contributed by atoms with E-state index in [0.717, 1.165) is 0 Å². The van der Waals surface area contributed by atoms with E-state index in [1.54, 1.807) is 0 Å². The molecule has 0 aliphatic rings. The molecule has 0 aliphatic carbocycles. The summed E-state index contributed by atoms with van der Waals surface area (Å²) in [5, 5.41) is 0. The number of nitrogens with two attached hydrogens (primary N) is 1. The number of amides is 1. The lowest BCUT2D eigenvalue weighted by molar-refractivity contribution is 0.0999. The Balaban J connectivity index is 3.88. The monoisotopic (exact) mass is 158 g/mol. The second kappa shape index (κ2) is 2.57. The number of nitrogens with zero attached hydrogens (tertiary/aromatic N) is 1. The molecule has 0 saturated carbocycles. The molecule has 0 bridgehead atoms. The largest absolute Gasteiger partial charge is 0.366 e. The highest BCUT2D eigenvalue weighted by molar-refractivity contribution is 5.92. The van der Waals surface area contributed by atoms with Gasteiger partial charge in [-0.3, -0.25) is 9.59 Å². The van der Waals surface area contributed by atoms with Crippen LogP contribution in [-0.4, -0.2) is 10.5 Å². The number of aromatic nitrogens is 1. The number of rotatable bonds is 1. The lowest BCUT2D eigenvalue weighted by Crippen LogP contribution is -2.19. The van der Waals surface area contributed by atoms with Crippen molar-refractivity contribution in [1.29, 1.82) is 0 Å². The van der Waals surface area contributed by atoms with Crippen LogP contribution in [0.2, 0.25) is 0 Å². The van der Waals surface area contributed by atoms with Gasteiger partial charge in [0.15, 0.2) is 0 Å². The highest BCUT2D eigenvalue weighted by atomic mass is 16.1. The minimum Gasteiger partial charge on any atom is -0.366 e. The Bertz CT molecular complexity index is 547. The Hall–Kier alpha value is -1.58. The van der Waals surface area contributed by atoms with Gasteiger partial charge in [0, 0.05) is 23.3 Å². The van der Waals surface area contributed by atoms with E-state index in [4.69, 9.17) is 14.0 Å². The minimum atomic E-state index is -3.01. The van der Waals surface area contributed by atoms with Gasteiger partial charge in [0.25, 0.3) is 0 Å². The van der Waals surface area contributed by atoms with E-state index in [1.165, 1.54) is 0 Å². The quantitative estimate of drug-likeness (QED) is 0.598. The van der Waals surface area contributed by atoms with Crippen molar-refractivity contribution in [3.05, 3.63) is 34.2 Å². The number of carbonyl (C=O) groups excluding carboxylic acids is 1. The van der Waals surface area contributed by atoms with Crippen molar-refractivity contribution in [1.82, 2.24) is 4.57 Å². The van der Waals surface area contributed by atoms with Crippen LogP contribution in [0.3, 0.4) is 0 Å². The smallest absolute Gasteiger partial charge is 0.250 e. The molecule has 0 atom stereocenters. The van der Waals surface area contributed by atoms with Crippen molar-refractivity contribution in [2.24, 2.45) is 12.7 Å². The maximum atomic E-state index is 11.5. The first kappa shape index (κ1) is 2.81. The van der Waals surface area contributed by atoms with Crippen LogP contribution in [0, 0.1) is 0 Å². The molecule has 0 aromatic carbocycles. The van der Waals surface area contributed by atoms with Gasteiger partial charge in [-0.2, -0.15) is 0 Å². The molecule has 11 heavy (non-hydrogen) atoms. The zero-order valence-corrected chi connectivity index (χ0v) is 5.34. The van der Waals surface area contributed by atoms with Crippen molar-refractivity contribution in [2.45, 2.75) is 0 Å². The number of carbonyl (C=O) groups is 1. The molecule has 0 radical (unpaired) electrons. The van der Waals surface area contributed by atoms with Crippen LogP contribution in [0.15, 0.2) is 23.1 Å². The first-order valence-electron chi connectivity index (χ1n) is 5.62. The topological polar surface area (TPSA) is 65.1 Å². The molecule has 0 fully saturated rings. The maximum Gasteiger partial charge on any atom is 0.250 e. The highest BCUT2D eigenvalue weighted by Crippen LogP contribution is 1.91. The second-order valence-corrected chi connectivity index (χ2v) is 1.74. The molecular weight excluding hydrogens is 144 g/mol. The molecule has 0 saturated heterocycles. The van der Waals surface area contributed by atoms with Crippen LogP contribution >= 0.6 is 0 Å². The van der Waals surface area contributed by atoms with Crippen molar-refractivity contribution >= 4 is 5.91 Å². The Kier molecular flexibility index (Phi) is 0.657. The third kappa shape index (κ3) is 1.46. The third-order valence-electron chi connectivity index (χ3n) is 0.968. The lowest BCUT2D eigenvalue weighted by Gasteiger charge is -1.97. The van der Waals surface area contributed by atoms with Crippen LogP contribution in [0.5, 0.6) is 0 Å². The second-order valence-electron chi connectivity index (χ2n) is 1.74. The Morgan fingerprint density at radius 2 is 2.55 bits per heavy atom. The zero-order chi connectivity index (χ0) is 13.5. The molecule has 1 rings (SSSR count). The molecule has 2 N–H and O–H groups in total. The van der Waals surface area contributed by atoms with Crippen LogP contribution in [0.4, 0.5) is 0 Å². The van der Waals surface area contributed by atoms with Crippen LogP contribution in [-0.2, 0) is 6.98 Å². The van der Waals surface area contributed by atoms with E-state index >= 15 is 0 Å². The number of hydrogen-bond acceptors (Lipinski definition) is 2. The summed E-state index contributed by atoms with van der Waals surface area (Å²) in [7, 11) is 0. The fourth-order valence-electron chi connectivity index (χ4n) is 0.479. The Morgan fingerprint density at radius 1 is 1.82 bits per heavy atom. The Labute approximate surface area is 71.7 Å². The van der Waals surface area contributed by atoms with Gasteiger partial charge < -0.3 is 10.3 Å². The molecule has 1 heterocycles. The molecule has 4 nitrogen and oxygen atoms in total. The highest BCUT2D eigenvalue weighted by Gasteiger charge is 1.99. The molecule has 0 unspecified atom stereocenters. The van der Waals surface area contributed by atoms with Crippen molar-refractivity contribution in [3.8, 4) is 0 Å². The van der Waals surface area contributed by atoms with Crippen molar-refractivity contribution in [3.63, 3.8) is 0 Å². The van der Waals surface area contributed by atoms with Gasteiger partial charge in [0.05, 0.1) is 9.68 Å². The van der Waals surface area contributed by atoms with E-state index in [0.29, 0.717) is 0 Å². The van der Waals surface area contributed by atoms with Gasteiger partial charge in [-0.05, 0) is 6.04 Å². The number of primary amides is 1. The molecule has 0 aliphatic heterocycles. The minimum absolute atomic E-state index is 0.00648. The van der Waals surface area contributed by atoms with Crippen molar-refractivity contribution in [2.75, 3.05) is 0 Å². The number of hydrogen-bond donors (Lipinski definition) is 1. The lowest BCUT2D eigenvalue weighted by atomic mass is 10.3. The first-order valence-corrected chi connectivity index (χ1v) is 2.62. The summed E-state index contributed by atoms with van der Waals surface area (Å²) in [6.07, 6.45) is -0.983. The van der Waals surface area contributed by atoms with Gasteiger partial charge in [-0.1, -0.05) is 0 Å². The molecule has 4 heteroatoms. The summed E-state index contributed by atoms with van der Waals surface area (Å²) in [5.74, 6) is -1.23. The van der Waals surface area contributed by atoms with Gasteiger partial charge in [-0.25, -0.2) is 0 Å². The summed E-state index contributed by atoms with van der Waals surface area (Å²) in [6.45, 7) is -3.01. The fraction of sp³-hybridized carbons (Fsp3) is 0.143. The predicted octanol–water partition coefficient (Wildman–Crippen LogP) is -0.516. The summed E-state index contributed by atoms with van der Waals surface area (Å²) in [5.41, 5.74) is 2.80. The van der Waals surface area contributed by atoms with Crippen molar-refractivity contribution < 1.29 is 13.0 Å². The summed E-state index contributed by atoms with van der Waals surface area (Å²) >= 11 is 0. The molecule has 58 valence electrons. The van der Waals surface area contributed by atoms with E-state index in [-0.39, 0.29) is 4.57 Å². The maximum absolute atomic E-state index is 11.5. The van der Waals surface area contributed by atoms with E-state index in [1.807, 2.05) is 0 Å². The van der Waals surface area contributed by atoms with Crippen LogP contribution in [0.25, 0.3) is 0 Å². The Morgan fingerprint density at radius 3 is 3.09 bits per heavy atom. The van der Waals surface area contributed by atoms with Gasteiger partial charge in [0.1, 0.15) is 0 Å². The normalized spacial score (nSPS) is 18.5. The summed E-state index contributed by atoms with van der Waals surface area (Å²) in [6, 6.07) is -1.82. The van der Waals surface area contributed by atoms with Gasteiger partial charge >= 0.3 is 0 Å². The molecule has 1 aromatic rings. The van der Waals surface area contributed by atoms with Crippen LogP contribution < -0.4 is 11.3 Å². The van der Waals surface area contributed by atoms with E-state index in [9.17, 15) is 9.59 Å².